The molecule has 143 heavy (non-hydrogen) atoms. The van der Waals surface area contributed by atoms with Crippen LogP contribution in [0.1, 0.15) is 306 Å². The van der Waals surface area contributed by atoms with Crippen LogP contribution in [-0.2, 0) is 57.6 Å². The van der Waals surface area contributed by atoms with Crippen molar-refractivity contribution in [3.05, 3.63) is 125 Å². The number of aliphatic hydroxyl groups excluding tert-OH is 6. The predicted molar refractivity (Wildman–Crippen MR) is 544 cm³/mol. The van der Waals surface area contributed by atoms with Crippen LogP contribution in [0.3, 0.4) is 0 Å². The van der Waals surface area contributed by atoms with Gasteiger partial charge in [0.25, 0.3) is 10.1 Å². The van der Waals surface area contributed by atoms with Crippen LogP contribution in [0, 0.1) is 92.7 Å². The molecular formula is C111H173B2O29S+. The van der Waals surface area contributed by atoms with E-state index in [0.29, 0.717) is 107 Å². The Hall–Kier alpha value is -5.28. The van der Waals surface area contributed by atoms with Gasteiger partial charge in [-0.15, -0.1) is 0 Å². The van der Waals surface area contributed by atoms with Crippen molar-refractivity contribution in [3.8, 4) is 0 Å². The summed E-state index contributed by atoms with van der Waals surface area (Å²) in [6, 6.07) is 24.6. The third kappa shape index (κ3) is 23.7. The number of carbonyl (C=O) groups is 4. The van der Waals surface area contributed by atoms with Crippen molar-refractivity contribution in [3.63, 3.8) is 0 Å². The van der Waals surface area contributed by atoms with Crippen molar-refractivity contribution >= 4 is 58.4 Å². The highest BCUT2D eigenvalue weighted by atomic mass is 32.2. The Morgan fingerprint density at radius 1 is 0.497 bits per heavy atom. The van der Waals surface area contributed by atoms with E-state index >= 15 is 0 Å². The molecule has 32 heteroatoms. The van der Waals surface area contributed by atoms with E-state index in [0.717, 1.165) is 54.3 Å². The van der Waals surface area contributed by atoms with Crippen LogP contribution in [-0.4, -0.2) is 263 Å². The van der Waals surface area contributed by atoms with Crippen molar-refractivity contribution in [2.45, 2.75) is 428 Å². The summed E-state index contributed by atoms with van der Waals surface area (Å²) in [5, 5.41) is 172. The van der Waals surface area contributed by atoms with Crippen molar-refractivity contribution in [2.75, 3.05) is 14.2 Å². The van der Waals surface area contributed by atoms with Gasteiger partial charge in [0.2, 0.25) is 0 Å². The van der Waals surface area contributed by atoms with Gasteiger partial charge in [0.05, 0.1) is 110 Å². The number of aliphatic hydroxyl groups is 14. The van der Waals surface area contributed by atoms with Gasteiger partial charge in [-0.05, 0) is 375 Å². The Balaban J connectivity index is 0.000000192. The van der Waals surface area contributed by atoms with Gasteiger partial charge in [-0.1, -0.05) is 120 Å². The summed E-state index contributed by atoms with van der Waals surface area (Å²) in [5.41, 5.74) is -8.56. The smallest absolute Gasteiger partial charge is 0.423 e. The second-order valence-corrected chi connectivity index (χ2v) is 51.3. The molecule has 15 unspecified atom stereocenters. The molecule has 0 spiro atoms. The molecule has 802 valence electrons. The minimum Gasteiger partial charge on any atom is -0.423 e. The first kappa shape index (κ1) is 118. The highest BCUT2D eigenvalue weighted by molar-refractivity contribution is 7.85. The lowest BCUT2D eigenvalue weighted by Gasteiger charge is -2.60. The Bertz CT molecular complexity index is 5140. The largest absolute Gasteiger partial charge is 1.00 e. The monoisotopic (exact) mass is 2020 g/mol. The molecule has 0 aromatic heterocycles. The maximum Gasteiger partial charge on any atom is 1.00 e. The molecule has 17 rings (SSSR count). The Morgan fingerprint density at radius 2 is 0.860 bits per heavy atom. The summed E-state index contributed by atoms with van der Waals surface area (Å²) in [7, 11) is -2.67. The summed E-state index contributed by atoms with van der Waals surface area (Å²) < 4.78 is 65.2. The van der Waals surface area contributed by atoms with E-state index in [-0.39, 0.29) is 132 Å². The number of methoxy groups -OCH3 is 2. The predicted octanol–water partition coefficient (Wildman–Crippen LogP) is 11.1. The van der Waals surface area contributed by atoms with Gasteiger partial charge in [-0.25, -0.2) is 0 Å². The van der Waals surface area contributed by atoms with E-state index in [1.54, 1.807) is 110 Å². The zero-order valence-electron chi connectivity index (χ0n) is 90.2. The third-order valence-electron chi connectivity index (χ3n) is 37.5. The quantitative estimate of drug-likeness (QED) is 0.0301. The zero-order valence-corrected chi connectivity index (χ0v) is 90.1. The fraction of sp³-hybridized carbons (Fsp3) is 0.748. The van der Waals surface area contributed by atoms with E-state index in [2.05, 4.69) is 27.7 Å². The number of hydrogen-bond donors (Lipinski definition) is 17. The number of ketones is 4. The van der Waals surface area contributed by atoms with Gasteiger partial charge < -0.3 is 115 Å². The molecule has 9 saturated carbocycles. The van der Waals surface area contributed by atoms with Crippen molar-refractivity contribution in [2.24, 2.45) is 85.8 Å². The normalized spacial score (nSPS) is 38.9. The molecule has 14 aliphatic rings. The maximum atomic E-state index is 13.6. The first-order valence-corrected chi connectivity index (χ1v) is 53.5. The number of benzene rings is 3. The second-order valence-electron chi connectivity index (χ2n) is 49.9. The van der Waals surface area contributed by atoms with Gasteiger partial charge in [-0.2, -0.15) is 8.42 Å². The molecule has 2 heterocycles. The summed E-state index contributed by atoms with van der Waals surface area (Å²) in [4.78, 5) is 49.8. The first-order chi connectivity index (χ1) is 65.6. The molecule has 2 aliphatic heterocycles. The second kappa shape index (κ2) is 42.7. The standard InChI is InChI=1S/C33H47BO7.C30H48O7.C27H44O7.C7H8O3S.C6H7BO2.C5H12O2.C3H6O/c1-29(2,38)14-13-28-32(5,41-34(40-28)20-9-7-6-8-10-20)27-12-16-33(39)22-17-24(35)23-18-25(36)26(37)19-30(23,3)21(22)11-15-31(27,33)4;1-25(2,33)11-10-24(32)29(7,34)23-9-13-30(35)18-14-20(31)19-15-21-22(37-26(3,4)36-21)16-27(19,5)17(18)8-12-28(23,30)6;1-23(2,32)9-8-22(31)26(5,33)21-7-11-27(34)16-12-18(28)17-13-19(29)20(30)14-24(17,3)15(16)6-10-25(21,27)4;1-6-2-4-7(5-3-6)11(8,9)10;8-7(9)6-4-2-1-3-5-6;1-5(2,6-3)7-4;1-3(2)4/h6-10,17,21,23,25-28,36-39H,11-16,18-19H2,1-5H3;14,17,19,21-24,32-35H,8-13,15-16H2,1-7H3;12,15,17,19-22,29-34H,6-11,13-14H2,1-5H3;2-5H,1H3,(H,8,9,10);1-5,8-9H;1-4H3;1-2H3/p+1/t21?,23?,25-,26+,27?,28-,30?,31?,32-,33-;17?,19?,21-,22+,23?,24-,27?,28?,29-,30-;15?,17?,19-,20+,21?,22-,24?,25?,26-,27-;;;;/m111..../s1. The number of carbonyl (C=O) groups excluding carboxylic acids is 4. The van der Waals surface area contributed by atoms with Gasteiger partial charge in [0, 0.05) is 48.2 Å². The van der Waals surface area contributed by atoms with Crippen molar-refractivity contribution in [1.82, 2.24) is 0 Å². The molecular weight excluding hydrogens is 1850 g/mol. The molecule has 17 N–H and O–H groups in total. The number of Topliss-reactive ketones (excluding diaryl/α,β-unsaturated/α-hetero) is 1. The molecule has 0 bridgehead atoms. The van der Waals surface area contributed by atoms with E-state index in [4.69, 9.17) is 42.9 Å². The molecule has 3 aromatic rings. The van der Waals surface area contributed by atoms with Gasteiger partial charge in [-0.3, -0.25) is 18.9 Å². The Labute approximate surface area is 850 Å². The number of aryl methyl sites for hydroxylation is 1. The lowest BCUT2D eigenvalue weighted by molar-refractivity contribution is -0.179. The number of hydrogen-bond acceptors (Lipinski definition) is 28. The average molecular weight is 2030 g/mol. The minimum atomic E-state index is -4.02. The number of allylic oxidation sites excluding steroid dienone is 3. The molecule has 3 aromatic carbocycles. The minimum absolute atomic E-state index is 0. The van der Waals surface area contributed by atoms with E-state index in [1.165, 1.54) is 26.0 Å². The van der Waals surface area contributed by atoms with Gasteiger partial charge >= 0.3 is 15.7 Å². The van der Waals surface area contributed by atoms with Crippen LogP contribution >= 0.6 is 0 Å². The molecule has 30 atom stereocenters. The first-order valence-electron chi connectivity index (χ1n) is 52.0. The Morgan fingerprint density at radius 3 is 1.23 bits per heavy atom. The van der Waals surface area contributed by atoms with Gasteiger partial charge in [0.15, 0.2) is 28.9 Å². The lowest BCUT2D eigenvalue weighted by atomic mass is 9.45. The SMILES string of the molecule is CC(C)(O)CC[C@@H](O)[C@](C)(O)C1CC[C@@]2(O)C3=CC(=O)C4C[C@@H](O)[C@@H](O)CC4(C)C3CCC12C.CC(C)(O)CC[C@@H](O)[C@](C)(O)C1CC[C@@]2(O)C3=CC(=O)C4C[C@H]5OC(C)(C)O[C@H]5CC4(C)C3CCC12C.CC(C)(O)CC[C@H]1OB(c2ccccc2)O[C@]1(C)C1CC[C@@]2(O)C3=CC(=O)C4C[C@@H](O)[C@@H](O)CC4(C)C3CCC12C.CC(C)=O.COC(C)(C)OC.Cc1ccc(S(=O)(=O)O)cc1.OB(O)c1ccccc1.[H+]. The third-order valence-corrected chi connectivity index (χ3v) is 38.3. The maximum absolute atomic E-state index is 13.6. The van der Waals surface area contributed by atoms with Crippen molar-refractivity contribution < 1.29 is 143 Å². The molecule has 29 nitrogen and oxygen atoms in total. The van der Waals surface area contributed by atoms with E-state index in [9.17, 15) is 99.1 Å². The van der Waals surface area contributed by atoms with Crippen LogP contribution in [0.5, 0.6) is 0 Å². The average Bonchev–Trinajstić information content (AvgIpc) is 1.27. The molecule has 0 radical (unpaired) electrons. The number of fused-ring (bicyclic) bond motifs is 16. The zero-order chi connectivity index (χ0) is 107. The molecule has 12 aliphatic carbocycles. The fourth-order valence-electron chi connectivity index (χ4n) is 28.8. The molecule has 2 saturated heterocycles. The highest BCUT2D eigenvalue weighted by Crippen LogP contribution is 2.74. The van der Waals surface area contributed by atoms with Crippen LogP contribution in [0.2, 0.25) is 0 Å². The van der Waals surface area contributed by atoms with Gasteiger partial charge in [0.1, 0.15) is 5.78 Å². The highest BCUT2D eigenvalue weighted by Gasteiger charge is 2.75. The topological polar surface area (TPSA) is 502 Å². The van der Waals surface area contributed by atoms with Crippen LogP contribution < -0.4 is 10.9 Å². The summed E-state index contributed by atoms with van der Waals surface area (Å²) in [6.07, 6.45) is 11.5. The van der Waals surface area contributed by atoms with E-state index < -0.39 is 150 Å². The van der Waals surface area contributed by atoms with Crippen LogP contribution in [0.4, 0.5) is 0 Å². The number of rotatable bonds is 19. The summed E-state index contributed by atoms with van der Waals surface area (Å²) >= 11 is 0. The van der Waals surface area contributed by atoms with Crippen LogP contribution in [0.25, 0.3) is 0 Å². The number of ether oxygens (including phenoxy) is 4. The lowest BCUT2D eigenvalue weighted by Crippen LogP contribution is -2.62. The summed E-state index contributed by atoms with van der Waals surface area (Å²) in [5.74, 6) is -2.67. The summed E-state index contributed by atoms with van der Waals surface area (Å²) in [6.45, 7) is 40.7. The molecule has 11 fully saturated rings. The van der Waals surface area contributed by atoms with Crippen LogP contribution in [0.15, 0.2) is 125 Å². The molecule has 0 amide bonds. The van der Waals surface area contributed by atoms with E-state index in [1.807, 2.05) is 106 Å². The Kier molecular flexibility index (Phi) is 35.3. The van der Waals surface area contributed by atoms with Crippen molar-refractivity contribution in [1.29, 1.82) is 0 Å². The fourth-order valence-corrected chi connectivity index (χ4v) is 29.3.